The van der Waals surface area contributed by atoms with Gasteiger partial charge in [0.1, 0.15) is 0 Å². The standard InChI is InChI=1S/C17H21N3O2S/c21-23(22,16-6-2-1-3-7-16)20-13-15-5-4-10-19-17(15)14-8-11-18-12-9-14/h4-5,8-12,16,20H,1-3,6-7,13H2. The highest BCUT2D eigenvalue weighted by molar-refractivity contribution is 7.90. The van der Waals surface area contributed by atoms with Crippen LogP contribution < -0.4 is 4.72 Å². The second-order valence-electron chi connectivity index (χ2n) is 5.87. The third-order valence-electron chi connectivity index (χ3n) is 4.30. The topological polar surface area (TPSA) is 72.0 Å². The molecule has 2 aromatic rings. The summed E-state index contributed by atoms with van der Waals surface area (Å²) in [7, 11) is -3.27. The number of nitrogens with one attached hydrogen (secondary N) is 1. The van der Waals surface area contributed by atoms with E-state index in [2.05, 4.69) is 14.7 Å². The van der Waals surface area contributed by atoms with E-state index in [1.807, 2.05) is 24.3 Å². The van der Waals surface area contributed by atoms with E-state index in [-0.39, 0.29) is 11.8 Å². The van der Waals surface area contributed by atoms with Gasteiger partial charge in [0.25, 0.3) is 0 Å². The summed E-state index contributed by atoms with van der Waals surface area (Å²) < 4.78 is 27.7. The monoisotopic (exact) mass is 331 g/mol. The molecule has 0 spiro atoms. The van der Waals surface area contributed by atoms with Crippen molar-refractivity contribution in [3.05, 3.63) is 48.4 Å². The van der Waals surface area contributed by atoms with Crippen molar-refractivity contribution in [2.24, 2.45) is 0 Å². The zero-order chi connectivity index (χ0) is 16.1. The molecule has 2 heterocycles. The van der Waals surface area contributed by atoms with Gasteiger partial charge >= 0.3 is 0 Å². The molecule has 0 amide bonds. The molecule has 1 N–H and O–H groups in total. The van der Waals surface area contributed by atoms with Crippen LogP contribution in [0.15, 0.2) is 42.9 Å². The molecule has 1 aliphatic carbocycles. The van der Waals surface area contributed by atoms with Crippen molar-refractivity contribution in [2.75, 3.05) is 0 Å². The zero-order valence-electron chi connectivity index (χ0n) is 13.0. The van der Waals surface area contributed by atoms with Crippen molar-refractivity contribution < 1.29 is 8.42 Å². The van der Waals surface area contributed by atoms with Crippen LogP contribution in [0.3, 0.4) is 0 Å². The van der Waals surface area contributed by atoms with E-state index < -0.39 is 10.0 Å². The molecule has 1 aliphatic rings. The first-order chi connectivity index (χ1) is 11.2. The van der Waals surface area contributed by atoms with Crippen LogP contribution in [0, 0.1) is 0 Å². The molecule has 0 atom stereocenters. The molecule has 23 heavy (non-hydrogen) atoms. The van der Waals surface area contributed by atoms with Gasteiger partial charge in [-0.25, -0.2) is 13.1 Å². The van der Waals surface area contributed by atoms with Crippen molar-refractivity contribution in [1.29, 1.82) is 0 Å². The lowest BCUT2D eigenvalue weighted by atomic mass is 10.0. The summed E-state index contributed by atoms with van der Waals surface area (Å²) in [5.74, 6) is 0. The van der Waals surface area contributed by atoms with E-state index >= 15 is 0 Å². The summed E-state index contributed by atoms with van der Waals surface area (Å²) in [6, 6.07) is 7.49. The SMILES string of the molecule is O=S(=O)(NCc1cccnc1-c1ccncc1)C1CCCCC1. The zero-order valence-corrected chi connectivity index (χ0v) is 13.8. The van der Waals surface area contributed by atoms with E-state index in [1.165, 1.54) is 0 Å². The van der Waals surface area contributed by atoms with E-state index in [1.54, 1.807) is 18.6 Å². The Morgan fingerprint density at radius 3 is 2.52 bits per heavy atom. The van der Waals surface area contributed by atoms with Crippen LogP contribution in [0.1, 0.15) is 37.7 Å². The predicted molar refractivity (Wildman–Crippen MR) is 90.1 cm³/mol. The van der Waals surface area contributed by atoms with Gasteiger partial charge in [0, 0.05) is 30.7 Å². The fourth-order valence-electron chi connectivity index (χ4n) is 3.02. The Hall–Kier alpha value is -1.79. The lowest BCUT2D eigenvalue weighted by Gasteiger charge is -2.22. The van der Waals surface area contributed by atoms with Crippen LogP contribution in [-0.2, 0) is 16.6 Å². The summed E-state index contributed by atoms with van der Waals surface area (Å²) in [6.45, 7) is 0.268. The molecule has 0 unspecified atom stereocenters. The van der Waals surface area contributed by atoms with Gasteiger partial charge in [-0.2, -0.15) is 0 Å². The molecule has 0 saturated heterocycles. The minimum Gasteiger partial charge on any atom is -0.265 e. The van der Waals surface area contributed by atoms with Crippen LogP contribution in [0.5, 0.6) is 0 Å². The highest BCUT2D eigenvalue weighted by Gasteiger charge is 2.26. The Morgan fingerprint density at radius 1 is 1.04 bits per heavy atom. The van der Waals surface area contributed by atoms with E-state index in [0.29, 0.717) is 0 Å². The van der Waals surface area contributed by atoms with Crippen molar-refractivity contribution in [3.8, 4) is 11.3 Å². The summed E-state index contributed by atoms with van der Waals surface area (Å²) >= 11 is 0. The first-order valence-corrected chi connectivity index (χ1v) is 9.54. The normalized spacial score (nSPS) is 16.3. The molecule has 0 radical (unpaired) electrons. The Kier molecular flexibility index (Phi) is 5.03. The summed E-state index contributed by atoms with van der Waals surface area (Å²) in [6.07, 6.45) is 9.80. The van der Waals surface area contributed by atoms with Gasteiger partial charge in [-0.05, 0) is 36.6 Å². The van der Waals surface area contributed by atoms with E-state index in [0.717, 1.165) is 48.9 Å². The minimum absolute atomic E-state index is 0.253. The van der Waals surface area contributed by atoms with Crippen LogP contribution >= 0.6 is 0 Å². The molecular weight excluding hydrogens is 310 g/mol. The van der Waals surface area contributed by atoms with Gasteiger partial charge in [-0.1, -0.05) is 25.3 Å². The second-order valence-corrected chi connectivity index (χ2v) is 7.92. The lowest BCUT2D eigenvalue weighted by molar-refractivity contribution is 0.477. The van der Waals surface area contributed by atoms with E-state index in [4.69, 9.17) is 0 Å². The van der Waals surface area contributed by atoms with Gasteiger partial charge in [-0.15, -0.1) is 0 Å². The maximum atomic E-state index is 12.5. The third kappa shape index (κ3) is 3.95. The number of sulfonamides is 1. The van der Waals surface area contributed by atoms with Gasteiger partial charge in [0.15, 0.2) is 0 Å². The summed E-state index contributed by atoms with van der Waals surface area (Å²) in [5, 5.41) is -0.253. The molecule has 5 nitrogen and oxygen atoms in total. The smallest absolute Gasteiger partial charge is 0.214 e. The number of hydrogen-bond acceptors (Lipinski definition) is 4. The Labute approximate surface area is 137 Å². The van der Waals surface area contributed by atoms with E-state index in [9.17, 15) is 8.42 Å². The minimum atomic E-state index is -3.27. The van der Waals surface area contributed by atoms with Gasteiger partial charge in [0.05, 0.1) is 10.9 Å². The molecule has 122 valence electrons. The predicted octanol–water partition coefficient (Wildman–Crippen LogP) is 2.90. The molecule has 1 fully saturated rings. The number of hydrogen-bond donors (Lipinski definition) is 1. The largest absolute Gasteiger partial charge is 0.265 e. The number of nitrogens with zero attached hydrogens (tertiary/aromatic N) is 2. The Balaban J connectivity index is 1.76. The molecular formula is C17H21N3O2S. The molecule has 6 heteroatoms. The third-order valence-corrected chi connectivity index (χ3v) is 6.20. The van der Waals surface area contributed by atoms with Gasteiger partial charge < -0.3 is 0 Å². The molecule has 3 rings (SSSR count). The number of aromatic nitrogens is 2. The fraction of sp³-hybridized carbons (Fsp3) is 0.412. The average Bonchev–Trinajstić information content (AvgIpc) is 2.62. The fourth-order valence-corrected chi connectivity index (χ4v) is 4.57. The molecule has 0 bridgehead atoms. The van der Waals surface area contributed by atoms with Crippen molar-refractivity contribution in [3.63, 3.8) is 0 Å². The quantitative estimate of drug-likeness (QED) is 0.914. The molecule has 0 aromatic carbocycles. The maximum absolute atomic E-state index is 12.5. The number of pyridine rings is 2. The molecule has 1 saturated carbocycles. The van der Waals surface area contributed by atoms with Crippen molar-refractivity contribution >= 4 is 10.0 Å². The van der Waals surface area contributed by atoms with Crippen LogP contribution in [0.4, 0.5) is 0 Å². The van der Waals surface area contributed by atoms with Crippen LogP contribution in [-0.4, -0.2) is 23.6 Å². The highest BCUT2D eigenvalue weighted by atomic mass is 32.2. The van der Waals surface area contributed by atoms with Crippen LogP contribution in [0.2, 0.25) is 0 Å². The Bertz CT molecular complexity index is 741. The van der Waals surface area contributed by atoms with Crippen molar-refractivity contribution in [1.82, 2.24) is 14.7 Å². The second kappa shape index (κ2) is 7.19. The Morgan fingerprint density at radius 2 is 1.78 bits per heavy atom. The lowest BCUT2D eigenvalue weighted by Crippen LogP contribution is -2.35. The first kappa shape index (κ1) is 16.1. The van der Waals surface area contributed by atoms with Gasteiger partial charge in [-0.3, -0.25) is 9.97 Å². The first-order valence-electron chi connectivity index (χ1n) is 7.99. The maximum Gasteiger partial charge on any atom is 0.214 e. The van der Waals surface area contributed by atoms with Gasteiger partial charge in [0.2, 0.25) is 10.0 Å². The van der Waals surface area contributed by atoms with Crippen molar-refractivity contribution in [2.45, 2.75) is 43.9 Å². The summed E-state index contributed by atoms with van der Waals surface area (Å²) in [4.78, 5) is 8.41. The molecule has 0 aliphatic heterocycles. The van der Waals surface area contributed by atoms with Crippen LogP contribution in [0.25, 0.3) is 11.3 Å². The number of rotatable bonds is 5. The average molecular weight is 331 g/mol. The highest BCUT2D eigenvalue weighted by Crippen LogP contribution is 2.24. The molecule has 2 aromatic heterocycles. The summed E-state index contributed by atoms with van der Waals surface area (Å²) in [5.41, 5.74) is 2.60.